The number of hydrogen-bond acceptors (Lipinski definition) is 4. The van der Waals surface area contributed by atoms with E-state index in [1.165, 1.54) is 0 Å². The molecule has 150 valence electrons. The first-order valence-electron chi connectivity index (χ1n) is 10.2. The lowest BCUT2D eigenvalue weighted by Gasteiger charge is -2.31. The van der Waals surface area contributed by atoms with E-state index in [2.05, 4.69) is 26.3 Å². The minimum Gasteiger partial charge on any atom is -0.313 e. The number of amides is 1. The van der Waals surface area contributed by atoms with E-state index in [4.69, 9.17) is 0 Å². The van der Waals surface area contributed by atoms with E-state index < -0.39 is 0 Å². The normalized spacial score (nSPS) is 15.3. The summed E-state index contributed by atoms with van der Waals surface area (Å²) in [4.78, 5) is 23.8. The Morgan fingerprint density at radius 1 is 1.07 bits per heavy atom. The Balaban J connectivity index is 1.27. The molecule has 1 amide bonds. The highest BCUT2D eigenvalue weighted by atomic mass is 16.1. The second-order valence-electron chi connectivity index (χ2n) is 7.68. The Morgan fingerprint density at radius 3 is 2.55 bits per heavy atom. The summed E-state index contributed by atoms with van der Waals surface area (Å²) in [7, 11) is 1.93. The molecule has 1 aliphatic rings. The molecule has 0 radical (unpaired) electrons. The molecule has 0 unspecified atom stereocenters. The maximum Gasteiger partial charge on any atom is 0.226 e. The Morgan fingerprint density at radius 2 is 1.83 bits per heavy atom. The van der Waals surface area contributed by atoms with E-state index in [-0.39, 0.29) is 5.91 Å². The van der Waals surface area contributed by atoms with Gasteiger partial charge in [0.1, 0.15) is 0 Å². The molecular weight excluding hydrogens is 362 g/mol. The lowest BCUT2D eigenvalue weighted by Crippen LogP contribution is -2.34. The van der Waals surface area contributed by atoms with Gasteiger partial charge in [0, 0.05) is 26.2 Å². The number of imidazole rings is 1. The van der Waals surface area contributed by atoms with Crippen LogP contribution in [0.1, 0.15) is 25.0 Å². The van der Waals surface area contributed by atoms with Crippen LogP contribution in [0.15, 0.2) is 60.9 Å². The number of aromatic nitrogens is 3. The minimum atomic E-state index is 0.0430. The van der Waals surface area contributed by atoms with E-state index in [1.807, 2.05) is 60.3 Å². The summed E-state index contributed by atoms with van der Waals surface area (Å²) in [6.45, 7) is 2.90. The van der Waals surface area contributed by atoms with Crippen molar-refractivity contribution >= 4 is 11.9 Å². The molecule has 0 spiro atoms. The van der Waals surface area contributed by atoms with Crippen molar-refractivity contribution in [3.05, 3.63) is 66.6 Å². The number of nitrogens with zero attached hydrogens (tertiary/aromatic N) is 4. The fourth-order valence-electron chi connectivity index (χ4n) is 3.91. The van der Waals surface area contributed by atoms with Gasteiger partial charge >= 0.3 is 0 Å². The number of likely N-dealkylation sites (tertiary alicyclic amines) is 1. The Labute approximate surface area is 171 Å². The number of benzene rings is 1. The fourth-order valence-corrected chi connectivity index (χ4v) is 3.91. The predicted octanol–water partition coefficient (Wildman–Crippen LogP) is 3.72. The highest BCUT2D eigenvalue weighted by Gasteiger charge is 2.22. The average molecular weight is 390 g/mol. The number of pyridine rings is 1. The molecule has 0 aliphatic carbocycles. The molecule has 1 aliphatic heterocycles. The van der Waals surface area contributed by atoms with Gasteiger partial charge in [-0.1, -0.05) is 36.4 Å². The van der Waals surface area contributed by atoms with Gasteiger partial charge in [-0.05, 0) is 49.5 Å². The van der Waals surface area contributed by atoms with Gasteiger partial charge in [-0.15, -0.1) is 0 Å². The van der Waals surface area contributed by atoms with Crippen molar-refractivity contribution in [3.8, 4) is 11.3 Å². The number of anilines is 1. The zero-order valence-corrected chi connectivity index (χ0v) is 16.8. The Hall–Kier alpha value is -2.99. The maximum absolute atomic E-state index is 12.6. The van der Waals surface area contributed by atoms with Gasteiger partial charge in [0.15, 0.2) is 0 Å². The molecule has 1 N–H and O–H groups in total. The SMILES string of the molecule is Cn1c(-c2ccccc2)cnc1NC(=O)CC1CCN(Cc2ccccn2)CC1. The maximum atomic E-state index is 12.6. The van der Waals surface area contributed by atoms with Gasteiger partial charge in [0.05, 0.1) is 17.6 Å². The van der Waals surface area contributed by atoms with E-state index in [1.54, 1.807) is 6.20 Å². The number of carbonyl (C=O) groups is 1. The quantitative estimate of drug-likeness (QED) is 0.698. The van der Waals surface area contributed by atoms with Gasteiger partial charge in [-0.3, -0.25) is 20.0 Å². The molecule has 3 aromatic rings. The van der Waals surface area contributed by atoms with Gasteiger partial charge in [-0.25, -0.2) is 4.98 Å². The van der Waals surface area contributed by atoms with Crippen molar-refractivity contribution in [2.75, 3.05) is 18.4 Å². The molecule has 6 heteroatoms. The minimum absolute atomic E-state index is 0.0430. The van der Waals surface area contributed by atoms with Crippen molar-refractivity contribution < 1.29 is 4.79 Å². The van der Waals surface area contributed by atoms with Crippen LogP contribution in [0, 0.1) is 5.92 Å². The molecule has 2 aromatic heterocycles. The summed E-state index contributed by atoms with van der Waals surface area (Å²) in [5.74, 6) is 1.06. The zero-order chi connectivity index (χ0) is 20.1. The number of nitrogens with one attached hydrogen (secondary N) is 1. The third kappa shape index (κ3) is 4.90. The molecular formula is C23H27N5O. The zero-order valence-electron chi connectivity index (χ0n) is 16.8. The number of rotatable bonds is 6. The topological polar surface area (TPSA) is 63.1 Å². The monoisotopic (exact) mass is 389 g/mol. The van der Waals surface area contributed by atoms with Gasteiger partial charge in [0.25, 0.3) is 0 Å². The molecule has 3 heterocycles. The average Bonchev–Trinajstić information content (AvgIpc) is 3.11. The highest BCUT2D eigenvalue weighted by molar-refractivity contribution is 5.89. The second-order valence-corrected chi connectivity index (χ2v) is 7.68. The number of carbonyl (C=O) groups excluding carboxylic acids is 1. The summed E-state index contributed by atoms with van der Waals surface area (Å²) in [5, 5.41) is 2.99. The summed E-state index contributed by atoms with van der Waals surface area (Å²) in [5.41, 5.74) is 3.18. The molecule has 6 nitrogen and oxygen atoms in total. The third-order valence-electron chi connectivity index (χ3n) is 5.60. The van der Waals surface area contributed by atoms with Crippen LogP contribution in [0.25, 0.3) is 11.3 Å². The summed E-state index contributed by atoms with van der Waals surface area (Å²) < 4.78 is 1.93. The van der Waals surface area contributed by atoms with E-state index in [0.29, 0.717) is 18.3 Å². The third-order valence-corrected chi connectivity index (χ3v) is 5.60. The standard InChI is InChI=1S/C23H27N5O/c1-27-21(19-7-3-2-4-8-19)16-25-23(27)26-22(29)15-18-10-13-28(14-11-18)17-20-9-5-6-12-24-20/h2-9,12,16,18H,10-11,13-15,17H2,1H3,(H,25,26,29). The van der Waals surface area contributed by atoms with Gasteiger partial charge < -0.3 is 4.57 Å². The van der Waals surface area contributed by atoms with Gasteiger partial charge in [-0.2, -0.15) is 0 Å². The Kier molecular flexibility index (Phi) is 6.00. The van der Waals surface area contributed by atoms with Crippen molar-refractivity contribution in [2.45, 2.75) is 25.8 Å². The molecule has 4 rings (SSSR count). The van der Waals surface area contributed by atoms with Crippen molar-refractivity contribution in [1.82, 2.24) is 19.4 Å². The molecule has 29 heavy (non-hydrogen) atoms. The lowest BCUT2D eigenvalue weighted by atomic mass is 9.93. The first-order chi connectivity index (χ1) is 14.2. The fraction of sp³-hybridized carbons (Fsp3) is 0.348. The predicted molar refractivity (Wildman–Crippen MR) is 114 cm³/mol. The smallest absolute Gasteiger partial charge is 0.226 e. The van der Waals surface area contributed by atoms with Crippen molar-refractivity contribution in [1.29, 1.82) is 0 Å². The lowest BCUT2D eigenvalue weighted by molar-refractivity contribution is -0.117. The number of piperidine rings is 1. The molecule has 1 fully saturated rings. The van der Waals surface area contributed by atoms with Crippen LogP contribution in [0.4, 0.5) is 5.95 Å². The highest BCUT2D eigenvalue weighted by Crippen LogP contribution is 2.24. The summed E-state index contributed by atoms with van der Waals surface area (Å²) in [6, 6.07) is 16.1. The van der Waals surface area contributed by atoms with Crippen LogP contribution in [-0.4, -0.2) is 38.4 Å². The first kappa shape index (κ1) is 19.3. The van der Waals surface area contributed by atoms with E-state index in [9.17, 15) is 4.79 Å². The van der Waals surface area contributed by atoms with Gasteiger partial charge in [0.2, 0.25) is 11.9 Å². The van der Waals surface area contributed by atoms with E-state index >= 15 is 0 Å². The van der Waals surface area contributed by atoms with Crippen molar-refractivity contribution in [2.24, 2.45) is 13.0 Å². The van der Waals surface area contributed by atoms with Crippen LogP contribution in [0.3, 0.4) is 0 Å². The van der Waals surface area contributed by atoms with Crippen molar-refractivity contribution in [3.63, 3.8) is 0 Å². The molecule has 0 saturated carbocycles. The first-order valence-corrected chi connectivity index (χ1v) is 10.2. The molecule has 1 saturated heterocycles. The summed E-state index contributed by atoms with van der Waals surface area (Å²) in [6.07, 6.45) is 6.27. The molecule has 0 atom stereocenters. The van der Waals surface area contributed by atoms with Crippen LogP contribution >= 0.6 is 0 Å². The van der Waals surface area contributed by atoms with Crippen LogP contribution in [0.2, 0.25) is 0 Å². The van der Waals surface area contributed by atoms with Crippen LogP contribution in [0.5, 0.6) is 0 Å². The Bertz CT molecular complexity index is 930. The number of hydrogen-bond donors (Lipinski definition) is 1. The molecule has 0 bridgehead atoms. The largest absolute Gasteiger partial charge is 0.313 e. The second kappa shape index (κ2) is 9.01. The van der Waals surface area contributed by atoms with E-state index in [0.717, 1.165) is 49.4 Å². The van der Waals surface area contributed by atoms with Crippen LogP contribution in [-0.2, 0) is 18.4 Å². The molecule has 1 aromatic carbocycles. The summed E-state index contributed by atoms with van der Waals surface area (Å²) >= 11 is 0. The van der Waals surface area contributed by atoms with Crippen LogP contribution < -0.4 is 5.32 Å².